The lowest BCUT2D eigenvalue weighted by molar-refractivity contribution is 0.667. The van der Waals surface area contributed by atoms with Crippen molar-refractivity contribution < 1.29 is 0 Å². The molecule has 2 radical (unpaired) electrons. The summed E-state index contributed by atoms with van der Waals surface area (Å²) in [5.74, 6) is 0. The molecule has 0 unspecified atom stereocenters. The van der Waals surface area contributed by atoms with Gasteiger partial charge in [0, 0.05) is 0 Å². The maximum atomic E-state index is 3.05. The Morgan fingerprint density at radius 2 is 1.83 bits per heavy atom. The van der Waals surface area contributed by atoms with Crippen LogP contribution in [-0.4, -0.2) is 0 Å². The molecule has 0 saturated heterocycles. The van der Waals surface area contributed by atoms with Gasteiger partial charge in [-0.1, -0.05) is 38.3 Å². The van der Waals surface area contributed by atoms with Crippen molar-refractivity contribution in [1.29, 1.82) is 0 Å². The highest BCUT2D eigenvalue weighted by Gasteiger charge is 1.91. The first-order valence-electron chi connectivity index (χ1n) is 4.79. The van der Waals surface area contributed by atoms with Crippen molar-refractivity contribution in [1.82, 2.24) is 0 Å². The van der Waals surface area contributed by atoms with Crippen LogP contribution in [0.2, 0.25) is 0 Å². The molecule has 1 aromatic rings. The van der Waals surface area contributed by atoms with Crippen LogP contribution in [0.15, 0.2) is 18.2 Å². The quantitative estimate of drug-likeness (QED) is 0.579. The SMILES string of the molecule is CCCCCCc1c[c]c[c]c1. The van der Waals surface area contributed by atoms with Gasteiger partial charge >= 0.3 is 0 Å². The smallest absolute Gasteiger partial charge is 0.0175 e. The van der Waals surface area contributed by atoms with Crippen LogP contribution in [0.3, 0.4) is 0 Å². The van der Waals surface area contributed by atoms with Gasteiger partial charge in [0.05, 0.1) is 0 Å². The van der Waals surface area contributed by atoms with E-state index in [-0.39, 0.29) is 0 Å². The second kappa shape index (κ2) is 5.82. The summed E-state index contributed by atoms with van der Waals surface area (Å²) in [5, 5.41) is 0. The summed E-state index contributed by atoms with van der Waals surface area (Å²) in [7, 11) is 0. The van der Waals surface area contributed by atoms with E-state index in [1.807, 2.05) is 6.07 Å². The molecule has 0 heterocycles. The summed E-state index contributed by atoms with van der Waals surface area (Å²) in [6, 6.07) is 12.0. The molecule has 0 aliphatic carbocycles. The highest BCUT2D eigenvalue weighted by Crippen LogP contribution is 2.06. The van der Waals surface area contributed by atoms with Crippen LogP contribution in [0.4, 0.5) is 0 Å². The van der Waals surface area contributed by atoms with E-state index < -0.39 is 0 Å². The van der Waals surface area contributed by atoms with Crippen molar-refractivity contribution in [2.24, 2.45) is 0 Å². The Morgan fingerprint density at radius 1 is 1.08 bits per heavy atom. The normalized spacial score (nSPS) is 10.1. The Labute approximate surface area is 75.6 Å². The third-order valence-corrected chi connectivity index (χ3v) is 2.02. The fourth-order valence-corrected chi connectivity index (χ4v) is 1.29. The van der Waals surface area contributed by atoms with Crippen LogP contribution in [0.1, 0.15) is 38.2 Å². The highest BCUT2D eigenvalue weighted by molar-refractivity contribution is 5.12. The highest BCUT2D eigenvalue weighted by atomic mass is 14.0. The Balaban J connectivity index is 2.16. The minimum absolute atomic E-state index is 1.19. The molecule has 0 amide bonds. The van der Waals surface area contributed by atoms with Gasteiger partial charge in [-0.3, -0.25) is 0 Å². The molecule has 0 spiro atoms. The lowest BCUT2D eigenvalue weighted by Crippen LogP contribution is -1.84. The molecule has 64 valence electrons. The minimum Gasteiger partial charge on any atom is -0.0654 e. The zero-order valence-electron chi connectivity index (χ0n) is 7.77. The van der Waals surface area contributed by atoms with Crippen LogP contribution in [0.5, 0.6) is 0 Å². The largest absolute Gasteiger partial charge is 0.0654 e. The van der Waals surface area contributed by atoms with E-state index in [2.05, 4.69) is 31.2 Å². The van der Waals surface area contributed by atoms with Gasteiger partial charge in [0.1, 0.15) is 0 Å². The topological polar surface area (TPSA) is 0 Å². The summed E-state index contributed by atoms with van der Waals surface area (Å²) in [6.07, 6.45) is 6.52. The van der Waals surface area contributed by atoms with Gasteiger partial charge in [0.2, 0.25) is 0 Å². The van der Waals surface area contributed by atoms with Crippen LogP contribution in [0, 0.1) is 12.1 Å². The average molecular weight is 160 g/mol. The fourth-order valence-electron chi connectivity index (χ4n) is 1.29. The van der Waals surface area contributed by atoms with E-state index in [0.29, 0.717) is 0 Å². The fraction of sp³-hybridized carbons (Fsp3) is 0.500. The Kier molecular flexibility index (Phi) is 4.51. The van der Waals surface area contributed by atoms with E-state index in [1.165, 1.54) is 37.7 Å². The van der Waals surface area contributed by atoms with Crippen molar-refractivity contribution >= 4 is 0 Å². The van der Waals surface area contributed by atoms with Crippen LogP contribution >= 0.6 is 0 Å². The van der Waals surface area contributed by atoms with E-state index in [9.17, 15) is 0 Å². The first-order chi connectivity index (χ1) is 5.93. The second-order valence-electron chi connectivity index (χ2n) is 3.15. The maximum Gasteiger partial charge on any atom is -0.0175 e. The van der Waals surface area contributed by atoms with Gasteiger partial charge in [-0.25, -0.2) is 0 Å². The van der Waals surface area contributed by atoms with Crippen molar-refractivity contribution in [3.8, 4) is 0 Å². The van der Waals surface area contributed by atoms with Crippen molar-refractivity contribution in [3.05, 3.63) is 35.9 Å². The average Bonchev–Trinajstić information content (AvgIpc) is 2.14. The van der Waals surface area contributed by atoms with Crippen LogP contribution < -0.4 is 0 Å². The number of unbranched alkanes of at least 4 members (excludes halogenated alkanes) is 3. The van der Waals surface area contributed by atoms with E-state index in [4.69, 9.17) is 0 Å². The number of rotatable bonds is 5. The summed E-state index contributed by atoms with van der Waals surface area (Å²) >= 11 is 0. The van der Waals surface area contributed by atoms with E-state index in [0.717, 1.165) is 0 Å². The molecule has 1 rings (SSSR count). The molecule has 0 bridgehead atoms. The molecule has 0 fully saturated rings. The van der Waals surface area contributed by atoms with E-state index >= 15 is 0 Å². The Morgan fingerprint density at radius 3 is 2.50 bits per heavy atom. The zero-order chi connectivity index (χ0) is 8.65. The van der Waals surface area contributed by atoms with Crippen molar-refractivity contribution in [3.63, 3.8) is 0 Å². The second-order valence-corrected chi connectivity index (χ2v) is 3.15. The van der Waals surface area contributed by atoms with Crippen molar-refractivity contribution in [2.45, 2.75) is 39.0 Å². The van der Waals surface area contributed by atoms with Gasteiger partial charge in [0.15, 0.2) is 0 Å². The molecule has 0 N–H and O–H groups in total. The molecule has 0 aliphatic heterocycles. The number of hydrogen-bond acceptors (Lipinski definition) is 0. The summed E-state index contributed by atoms with van der Waals surface area (Å²) in [5.41, 5.74) is 1.37. The first-order valence-corrected chi connectivity index (χ1v) is 4.79. The first kappa shape index (κ1) is 9.31. The Bertz CT molecular complexity index is 188. The molecule has 0 saturated carbocycles. The molecular formula is C12H16. The number of hydrogen-bond donors (Lipinski definition) is 0. The number of aryl methyl sites for hydroxylation is 1. The molecule has 12 heavy (non-hydrogen) atoms. The van der Waals surface area contributed by atoms with Gasteiger partial charge in [0.25, 0.3) is 0 Å². The summed E-state index contributed by atoms with van der Waals surface area (Å²) in [6.45, 7) is 2.24. The van der Waals surface area contributed by atoms with Gasteiger partial charge < -0.3 is 0 Å². The van der Waals surface area contributed by atoms with Crippen LogP contribution in [-0.2, 0) is 6.42 Å². The van der Waals surface area contributed by atoms with E-state index in [1.54, 1.807) is 0 Å². The third kappa shape index (κ3) is 3.56. The molecule has 0 aliphatic rings. The Hall–Kier alpha value is -0.780. The summed E-state index contributed by atoms with van der Waals surface area (Å²) < 4.78 is 0. The van der Waals surface area contributed by atoms with Crippen LogP contribution in [0.25, 0.3) is 0 Å². The molecule has 1 aromatic carbocycles. The maximum absolute atomic E-state index is 3.05. The zero-order valence-corrected chi connectivity index (χ0v) is 7.77. The molecular weight excluding hydrogens is 144 g/mol. The van der Waals surface area contributed by atoms with Crippen molar-refractivity contribution in [2.75, 3.05) is 0 Å². The van der Waals surface area contributed by atoms with Gasteiger partial charge in [-0.05, 0) is 36.6 Å². The predicted octanol–water partition coefficient (Wildman–Crippen LogP) is 3.41. The lowest BCUT2D eigenvalue weighted by Gasteiger charge is -1.99. The monoisotopic (exact) mass is 160 g/mol. The lowest BCUT2D eigenvalue weighted by atomic mass is 10.1. The number of benzene rings is 1. The summed E-state index contributed by atoms with van der Waals surface area (Å²) in [4.78, 5) is 0. The molecule has 0 atom stereocenters. The molecule has 0 nitrogen and oxygen atoms in total. The van der Waals surface area contributed by atoms with Gasteiger partial charge in [-0.15, -0.1) is 0 Å². The standard InChI is InChI=1S/C12H16/c1-2-3-4-6-9-12-10-7-5-8-11-12/h5,10-11H,2-4,6,9H2,1H3. The molecule has 0 aromatic heterocycles. The molecule has 0 heteroatoms. The van der Waals surface area contributed by atoms with Gasteiger partial charge in [-0.2, -0.15) is 0 Å². The predicted molar refractivity (Wildman–Crippen MR) is 52.0 cm³/mol. The minimum atomic E-state index is 1.19. The third-order valence-electron chi connectivity index (χ3n) is 2.02.